The molecular formula is C7H12N2O4S. The number of nitrogens with one attached hydrogen (secondary N) is 1. The summed E-state index contributed by atoms with van der Waals surface area (Å²) in [6, 6.07) is 1.27. The van der Waals surface area contributed by atoms with Gasteiger partial charge in [0.05, 0.1) is 0 Å². The zero-order valence-corrected chi connectivity index (χ0v) is 8.71. The van der Waals surface area contributed by atoms with Crippen LogP contribution in [0.25, 0.3) is 0 Å². The number of hydrogen-bond acceptors (Lipinski definition) is 3. The maximum atomic E-state index is 11.2. The number of hydrogen-bond donors (Lipinski definition) is 2. The fourth-order valence-electron chi connectivity index (χ4n) is 1.27. The Labute approximate surface area is 81.3 Å². The maximum absolute atomic E-state index is 11.2. The van der Waals surface area contributed by atoms with E-state index in [0.29, 0.717) is 5.69 Å². The van der Waals surface area contributed by atoms with Crippen molar-refractivity contribution in [1.82, 2.24) is 9.78 Å². The molecule has 0 aromatic carbocycles. The highest BCUT2D eigenvalue weighted by molar-refractivity contribution is 7.85. The maximum Gasteiger partial charge on any atom is 0.288 e. The predicted octanol–water partition coefficient (Wildman–Crippen LogP) is 0.281. The molecule has 0 fully saturated rings. The van der Waals surface area contributed by atoms with Crippen LogP contribution in [0.4, 0.5) is 0 Å². The highest BCUT2D eigenvalue weighted by Crippen LogP contribution is 2.14. The van der Waals surface area contributed by atoms with Gasteiger partial charge in [0, 0.05) is 11.8 Å². The third-order valence-electron chi connectivity index (χ3n) is 1.86. The summed E-state index contributed by atoms with van der Waals surface area (Å²) in [5.74, 6) is 0. The third kappa shape index (κ3) is 2.05. The van der Waals surface area contributed by atoms with Crippen molar-refractivity contribution in [2.75, 3.05) is 0 Å². The molecule has 0 amide bonds. The van der Waals surface area contributed by atoms with E-state index in [9.17, 15) is 13.2 Å². The molecule has 80 valence electrons. The van der Waals surface area contributed by atoms with Crippen LogP contribution in [0.1, 0.15) is 24.4 Å². The predicted molar refractivity (Wildman–Crippen MR) is 50.7 cm³/mol. The first kappa shape index (κ1) is 11.0. The van der Waals surface area contributed by atoms with Crippen LogP contribution in [0.5, 0.6) is 0 Å². The van der Waals surface area contributed by atoms with Crippen LogP contribution in [0.15, 0.2) is 10.9 Å². The highest BCUT2D eigenvalue weighted by Gasteiger charge is 2.24. The van der Waals surface area contributed by atoms with Crippen molar-refractivity contribution in [3.8, 4) is 0 Å². The van der Waals surface area contributed by atoms with Crippen molar-refractivity contribution in [2.24, 2.45) is 0 Å². The molecule has 2 N–H and O–H groups in total. The van der Waals surface area contributed by atoms with Gasteiger partial charge < -0.3 is 0 Å². The molecule has 1 unspecified atom stereocenters. The Balaban J connectivity index is 3.27. The van der Waals surface area contributed by atoms with E-state index >= 15 is 0 Å². The van der Waals surface area contributed by atoms with Gasteiger partial charge in [0.25, 0.3) is 15.7 Å². The largest absolute Gasteiger partial charge is 0.299 e. The van der Waals surface area contributed by atoms with Gasteiger partial charge in [0.15, 0.2) is 5.37 Å². The molecule has 6 nitrogen and oxygen atoms in total. The van der Waals surface area contributed by atoms with Crippen molar-refractivity contribution in [3.05, 3.63) is 22.1 Å². The molecular weight excluding hydrogens is 208 g/mol. The van der Waals surface area contributed by atoms with Crippen LogP contribution in [0, 0.1) is 6.92 Å². The van der Waals surface area contributed by atoms with Crippen molar-refractivity contribution >= 4 is 10.1 Å². The molecule has 0 saturated heterocycles. The Kier molecular flexibility index (Phi) is 2.81. The number of aromatic amines is 1. The molecule has 0 bridgehead atoms. The minimum absolute atomic E-state index is 0.124. The van der Waals surface area contributed by atoms with Crippen molar-refractivity contribution < 1.29 is 13.0 Å². The molecule has 0 spiro atoms. The molecule has 1 rings (SSSR count). The lowest BCUT2D eigenvalue weighted by Crippen LogP contribution is -2.27. The third-order valence-corrected chi connectivity index (χ3v) is 3.09. The monoisotopic (exact) mass is 220 g/mol. The molecule has 0 radical (unpaired) electrons. The van der Waals surface area contributed by atoms with Gasteiger partial charge in [-0.2, -0.15) is 8.42 Å². The van der Waals surface area contributed by atoms with E-state index in [-0.39, 0.29) is 6.42 Å². The molecule has 1 atom stereocenters. The summed E-state index contributed by atoms with van der Waals surface area (Å²) in [6.45, 7) is 3.20. The molecule has 14 heavy (non-hydrogen) atoms. The fourth-order valence-corrected chi connectivity index (χ4v) is 2.12. The summed E-state index contributed by atoms with van der Waals surface area (Å²) in [5, 5.41) is 1.33. The summed E-state index contributed by atoms with van der Waals surface area (Å²) in [6.07, 6.45) is 0.124. The first-order valence-corrected chi connectivity index (χ1v) is 5.61. The van der Waals surface area contributed by atoms with Crippen molar-refractivity contribution in [3.63, 3.8) is 0 Å². The topological polar surface area (TPSA) is 92.2 Å². The van der Waals surface area contributed by atoms with Crippen LogP contribution < -0.4 is 5.56 Å². The SMILES string of the molecule is CCC(n1[nH]c(C)cc1=O)S(=O)(=O)O. The highest BCUT2D eigenvalue weighted by atomic mass is 32.2. The van der Waals surface area contributed by atoms with Gasteiger partial charge in [-0.05, 0) is 13.3 Å². The molecule has 0 aliphatic heterocycles. The summed E-state index contributed by atoms with van der Waals surface area (Å²) >= 11 is 0. The van der Waals surface area contributed by atoms with E-state index in [1.165, 1.54) is 6.07 Å². The van der Waals surface area contributed by atoms with E-state index in [1.54, 1.807) is 13.8 Å². The normalized spacial score (nSPS) is 14.2. The first-order valence-electron chi connectivity index (χ1n) is 4.10. The lowest BCUT2D eigenvalue weighted by atomic mass is 10.5. The number of nitrogens with zero attached hydrogens (tertiary/aromatic N) is 1. The van der Waals surface area contributed by atoms with Gasteiger partial charge in [0.1, 0.15) is 0 Å². The van der Waals surface area contributed by atoms with Gasteiger partial charge in [-0.3, -0.25) is 14.4 Å². The number of rotatable bonds is 3. The Hall–Kier alpha value is -1.08. The van der Waals surface area contributed by atoms with E-state index in [4.69, 9.17) is 4.55 Å². The molecule has 0 saturated carbocycles. The Morgan fingerprint density at radius 2 is 2.21 bits per heavy atom. The summed E-state index contributed by atoms with van der Waals surface area (Å²) in [5.41, 5.74) is 0.0871. The molecule has 1 heterocycles. The van der Waals surface area contributed by atoms with E-state index in [1.807, 2.05) is 0 Å². The zero-order chi connectivity index (χ0) is 10.9. The smallest absolute Gasteiger partial charge is 0.288 e. The molecule has 0 aliphatic carbocycles. The fraction of sp³-hybridized carbons (Fsp3) is 0.571. The van der Waals surface area contributed by atoms with E-state index in [2.05, 4.69) is 5.10 Å². The van der Waals surface area contributed by atoms with E-state index < -0.39 is 21.1 Å². The summed E-state index contributed by atoms with van der Waals surface area (Å²) in [4.78, 5) is 11.2. The minimum Gasteiger partial charge on any atom is -0.299 e. The molecule has 1 aromatic rings. The van der Waals surface area contributed by atoms with Crippen LogP contribution in [-0.2, 0) is 10.1 Å². The van der Waals surface area contributed by atoms with E-state index in [0.717, 1.165) is 4.68 Å². The van der Waals surface area contributed by atoms with Crippen LogP contribution in [-0.4, -0.2) is 22.8 Å². The second-order valence-electron chi connectivity index (χ2n) is 3.03. The average Bonchev–Trinajstić information content (AvgIpc) is 2.29. The summed E-state index contributed by atoms with van der Waals surface area (Å²) < 4.78 is 31.6. The Morgan fingerprint density at radius 1 is 1.64 bits per heavy atom. The molecule has 1 aromatic heterocycles. The zero-order valence-electron chi connectivity index (χ0n) is 7.89. The average molecular weight is 220 g/mol. The minimum atomic E-state index is -4.25. The molecule has 7 heteroatoms. The quantitative estimate of drug-likeness (QED) is 0.716. The van der Waals surface area contributed by atoms with Gasteiger partial charge in [-0.1, -0.05) is 6.92 Å². The lowest BCUT2D eigenvalue weighted by molar-refractivity contribution is 0.423. The van der Waals surface area contributed by atoms with Crippen LogP contribution >= 0.6 is 0 Å². The second kappa shape index (κ2) is 3.58. The number of H-pyrrole nitrogens is 1. The van der Waals surface area contributed by atoms with Crippen LogP contribution in [0.2, 0.25) is 0 Å². The van der Waals surface area contributed by atoms with Crippen molar-refractivity contribution in [2.45, 2.75) is 25.6 Å². The summed E-state index contributed by atoms with van der Waals surface area (Å²) in [7, 11) is -4.25. The number of aromatic nitrogens is 2. The number of aryl methyl sites for hydroxylation is 1. The second-order valence-corrected chi connectivity index (χ2v) is 4.60. The van der Waals surface area contributed by atoms with Gasteiger partial charge in [-0.15, -0.1) is 0 Å². The van der Waals surface area contributed by atoms with Gasteiger partial charge >= 0.3 is 0 Å². The lowest BCUT2D eigenvalue weighted by Gasteiger charge is -2.11. The van der Waals surface area contributed by atoms with Crippen molar-refractivity contribution in [1.29, 1.82) is 0 Å². The standard InChI is InChI=1S/C7H12N2O4S/c1-3-7(14(11,12)13)9-6(10)4-5(2)8-9/h4,7-8H,3H2,1-2H3,(H,11,12,13). The Bertz CT molecular complexity index is 470. The van der Waals surface area contributed by atoms with Gasteiger partial charge in [0.2, 0.25) is 0 Å². The van der Waals surface area contributed by atoms with Crippen LogP contribution in [0.3, 0.4) is 0 Å². The van der Waals surface area contributed by atoms with Gasteiger partial charge in [-0.25, -0.2) is 4.68 Å². The first-order chi connectivity index (χ1) is 6.36. The Morgan fingerprint density at radius 3 is 2.50 bits per heavy atom. The molecule has 0 aliphatic rings.